The normalized spacial score (nSPS) is 19.4. The van der Waals surface area contributed by atoms with Gasteiger partial charge in [0, 0.05) is 34.0 Å². The number of ether oxygens (including phenoxy) is 1. The minimum Gasteiger partial charge on any atom is -0.497 e. The number of aromatic nitrogens is 1. The van der Waals surface area contributed by atoms with Crippen LogP contribution in [0.25, 0.3) is 10.9 Å². The van der Waals surface area contributed by atoms with Crippen molar-refractivity contribution in [3.63, 3.8) is 0 Å². The number of carbonyl (C=O) groups excluding carboxylic acids is 2. The molecule has 1 unspecified atom stereocenters. The molecule has 1 fully saturated rings. The number of benzene rings is 3. The smallest absolute Gasteiger partial charge is 0.246 e. The molecule has 2 atom stereocenters. The second-order valence-corrected chi connectivity index (χ2v) is 10.3. The van der Waals surface area contributed by atoms with E-state index in [1.165, 1.54) is 0 Å². The van der Waals surface area contributed by atoms with Crippen LogP contribution < -0.4 is 4.74 Å². The molecule has 7 heteroatoms. The van der Waals surface area contributed by atoms with Crippen molar-refractivity contribution in [2.75, 3.05) is 20.2 Å². The van der Waals surface area contributed by atoms with Gasteiger partial charge in [0.15, 0.2) is 0 Å². The van der Waals surface area contributed by atoms with Crippen LogP contribution in [0.1, 0.15) is 28.4 Å². The highest BCUT2D eigenvalue weighted by molar-refractivity contribution is 9.10. The molecule has 6 rings (SSSR count). The Morgan fingerprint density at radius 1 is 1.03 bits per heavy atom. The summed E-state index contributed by atoms with van der Waals surface area (Å²) in [5.41, 5.74) is 5.23. The van der Waals surface area contributed by atoms with E-state index in [0.717, 1.165) is 43.5 Å². The van der Waals surface area contributed by atoms with Crippen molar-refractivity contribution in [1.29, 1.82) is 0 Å². The first-order chi connectivity index (χ1) is 17.5. The number of nitrogens with zero attached hydrogens (tertiary/aromatic N) is 2. The predicted molar refractivity (Wildman–Crippen MR) is 142 cm³/mol. The maximum atomic E-state index is 13.8. The largest absolute Gasteiger partial charge is 0.497 e. The average molecular weight is 544 g/mol. The van der Waals surface area contributed by atoms with Gasteiger partial charge in [0.2, 0.25) is 11.8 Å². The molecule has 0 radical (unpaired) electrons. The molecule has 2 amide bonds. The number of carbonyl (C=O) groups is 2. The number of rotatable bonds is 5. The van der Waals surface area contributed by atoms with Gasteiger partial charge in [-0.2, -0.15) is 0 Å². The molecule has 3 heterocycles. The van der Waals surface area contributed by atoms with Crippen LogP contribution in [0.2, 0.25) is 0 Å². The minimum absolute atomic E-state index is 0.0130. The lowest BCUT2D eigenvalue weighted by molar-refractivity contribution is -0.158. The maximum absolute atomic E-state index is 13.8. The molecule has 1 aromatic heterocycles. The Kier molecular flexibility index (Phi) is 5.80. The van der Waals surface area contributed by atoms with Gasteiger partial charge >= 0.3 is 0 Å². The van der Waals surface area contributed by atoms with E-state index >= 15 is 0 Å². The van der Waals surface area contributed by atoms with Crippen molar-refractivity contribution in [2.45, 2.75) is 24.9 Å². The van der Waals surface area contributed by atoms with Crippen molar-refractivity contribution >= 4 is 38.6 Å². The van der Waals surface area contributed by atoms with E-state index in [0.29, 0.717) is 19.4 Å². The number of amides is 2. The van der Waals surface area contributed by atoms with Crippen LogP contribution in [-0.2, 0) is 22.4 Å². The van der Waals surface area contributed by atoms with Crippen LogP contribution in [0.4, 0.5) is 0 Å². The van der Waals surface area contributed by atoms with Crippen LogP contribution in [0, 0.1) is 0 Å². The van der Waals surface area contributed by atoms with Crippen LogP contribution in [0.5, 0.6) is 5.75 Å². The summed E-state index contributed by atoms with van der Waals surface area (Å²) in [6.07, 6.45) is 1.19. The number of halogens is 1. The highest BCUT2D eigenvalue weighted by Gasteiger charge is 2.48. The molecule has 2 aliphatic heterocycles. The first-order valence-corrected chi connectivity index (χ1v) is 12.9. The molecule has 0 bridgehead atoms. The summed E-state index contributed by atoms with van der Waals surface area (Å²) in [4.78, 5) is 34.6. The minimum atomic E-state index is -0.530. The van der Waals surface area contributed by atoms with E-state index in [-0.39, 0.29) is 24.4 Å². The molecular formula is C29H26BrN3O3. The van der Waals surface area contributed by atoms with Gasteiger partial charge in [0.25, 0.3) is 0 Å². The first kappa shape index (κ1) is 22.9. The van der Waals surface area contributed by atoms with Crippen molar-refractivity contribution in [3.05, 3.63) is 99.7 Å². The summed E-state index contributed by atoms with van der Waals surface area (Å²) in [6, 6.07) is 23.2. The lowest BCUT2D eigenvalue weighted by Gasteiger charge is -2.47. The molecule has 4 aromatic rings. The molecule has 3 aromatic carbocycles. The Bertz CT molecular complexity index is 1460. The number of para-hydroxylation sites is 1. The van der Waals surface area contributed by atoms with E-state index in [2.05, 4.69) is 33.0 Å². The fourth-order valence-corrected chi connectivity index (χ4v) is 6.01. The van der Waals surface area contributed by atoms with E-state index in [1.54, 1.807) is 12.0 Å². The molecular weight excluding hydrogens is 518 g/mol. The second kappa shape index (κ2) is 9.13. The zero-order chi connectivity index (χ0) is 24.8. The van der Waals surface area contributed by atoms with Crippen molar-refractivity contribution < 1.29 is 14.3 Å². The van der Waals surface area contributed by atoms with E-state index in [4.69, 9.17) is 4.74 Å². The number of H-pyrrole nitrogens is 1. The number of hydrogen-bond acceptors (Lipinski definition) is 3. The molecule has 6 nitrogen and oxygen atoms in total. The standard InChI is InChI=1S/C29H26BrN3O3/c1-36-21-11-9-18(10-12-21)13-14-32-17-26(34)33-25(29(32)35)16-23-22-7-2-3-8-24(22)31-27(23)28(33)19-5-4-6-20(30)15-19/h2-12,15,25,28,31H,13-14,16-17H2,1H3/t25-,28?/m0/s1. The molecule has 36 heavy (non-hydrogen) atoms. The fraction of sp³-hybridized carbons (Fsp3) is 0.241. The third-order valence-corrected chi connectivity index (χ3v) is 7.83. The Hall–Kier alpha value is -3.58. The predicted octanol–water partition coefficient (Wildman–Crippen LogP) is 4.87. The van der Waals surface area contributed by atoms with E-state index in [1.807, 2.05) is 65.6 Å². The van der Waals surface area contributed by atoms with Crippen LogP contribution in [-0.4, -0.2) is 52.8 Å². The van der Waals surface area contributed by atoms with Gasteiger partial charge < -0.3 is 19.5 Å². The van der Waals surface area contributed by atoms with Crippen LogP contribution >= 0.6 is 15.9 Å². The lowest BCUT2D eigenvalue weighted by atomic mass is 9.86. The number of nitrogens with one attached hydrogen (secondary N) is 1. The van der Waals surface area contributed by atoms with Gasteiger partial charge in [-0.3, -0.25) is 9.59 Å². The number of hydrogen-bond donors (Lipinski definition) is 1. The number of fused-ring (bicyclic) bond motifs is 4. The summed E-state index contributed by atoms with van der Waals surface area (Å²) in [5, 5.41) is 1.11. The highest BCUT2D eigenvalue weighted by Crippen LogP contribution is 2.42. The molecule has 2 aliphatic rings. The van der Waals surface area contributed by atoms with Gasteiger partial charge in [0.1, 0.15) is 11.8 Å². The molecule has 0 spiro atoms. The number of methoxy groups -OCH3 is 1. The molecule has 0 aliphatic carbocycles. The first-order valence-electron chi connectivity index (χ1n) is 12.1. The zero-order valence-electron chi connectivity index (χ0n) is 19.9. The monoisotopic (exact) mass is 543 g/mol. The maximum Gasteiger partial charge on any atom is 0.246 e. The molecule has 182 valence electrons. The molecule has 1 N–H and O–H groups in total. The van der Waals surface area contributed by atoms with Gasteiger partial charge in [-0.25, -0.2) is 0 Å². The van der Waals surface area contributed by atoms with Crippen molar-refractivity contribution in [3.8, 4) is 5.75 Å². The number of aromatic amines is 1. The zero-order valence-corrected chi connectivity index (χ0v) is 21.5. The lowest BCUT2D eigenvalue weighted by Crippen LogP contribution is -2.63. The van der Waals surface area contributed by atoms with Gasteiger partial charge in [-0.1, -0.05) is 58.4 Å². The summed E-state index contributed by atoms with van der Waals surface area (Å²) in [5.74, 6) is 0.789. The third kappa shape index (κ3) is 3.88. The quantitative estimate of drug-likeness (QED) is 0.390. The Morgan fingerprint density at radius 2 is 1.83 bits per heavy atom. The molecule has 0 saturated carbocycles. The summed E-state index contributed by atoms with van der Waals surface area (Å²) >= 11 is 3.58. The average Bonchev–Trinajstić information content (AvgIpc) is 3.27. The SMILES string of the molecule is COc1ccc(CCN2CC(=O)N3C(c4cccc(Br)c4)c4[nH]c5ccccc5c4C[C@H]3C2=O)cc1. The Morgan fingerprint density at radius 3 is 2.61 bits per heavy atom. The van der Waals surface area contributed by atoms with Gasteiger partial charge in [-0.15, -0.1) is 0 Å². The Balaban J connectivity index is 1.36. The highest BCUT2D eigenvalue weighted by atomic mass is 79.9. The van der Waals surface area contributed by atoms with Crippen molar-refractivity contribution in [1.82, 2.24) is 14.8 Å². The fourth-order valence-electron chi connectivity index (χ4n) is 5.59. The van der Waals surface area contributed by atoms with E-state index < -0.39 is 6.04 Å². The summed E-state index contributed by atoms with van der Waals surface area (Å²) < 4.78 is 6.18. The van der Waals surface area contributed by atoms with Gasteiger partial charge in [0.05, 0.1) is 19.7 Å². The summed E-state index contributed by atoms with van der Waals surface area (Å²) in [6.45, 7) is 0.592. The molecule has 1 saturated heterocycles. The third-order valence-electron chi connectivity index (χ3n) is 7.34. The van der Waals surface area contributed by atoms with Crippen LogP contribution in [0.15, 0.2) is 77.3 Å². The van der Waals surface area contributed by atoms with E-state index in [9.17, 15) is 9.59 Å². The van der Waals surface area contributed by atoms with Crippen molar-refractivity contribution in [2.24, 2.45) is 0 Å². The van der Waals surface area contributed by atoms with Crippen LogP contribution in [0.3, 0.4) is 0 Å². The topological polar surface area (TPSA) is 65.6 Å². The Labute approximate surface area is 218 Å². The second-order valence-electron chi connectivity index (χ2n) is 9.40. The van der Waals surface area contributed by atoms with Gasteiger partial charge in [-0.05, 0) is 53.4 Å². The number of piperazine rings is 1. The summed E-state index contributed by atoms with van der Waals surface area (Å²) in [7, 11) is 1.64.